The van der Waals surface area contributed by atoms with Gasteiger partial charge in [-0.05, 0) is 6.07 Å². The zero-order chi connectivity index (χ0) is 11.6. The summed E-state index contributed by atoms with van der Waals surface area (Å²) in [5.74, 6) is -2.03. The molecule has 1 rings (SSSR count). The van der Waals surface area contributed by atoms with Crippen LogP contribution in [0.1, 0.15) is 10.4 Å². The predicted molar refractivity (Wildman–Crippen MR) is 52.5 cm³/mol. The molecule has 0 aliphatic heterocycles. The zero-order valence-electron chi connectivity index (χ0n) is 7.37. The van der Waals surface area contributed by atoms with Gasteiger partial charge in [-0.1, -0.05) is 0 Å². The van der Waals surface area contributed by atoms with Gasteiger partial charge in [-0.15, -0.1) is 11.6 Å². The van der Waals surface area contributed by atoms with Crippen LogP contribution in [-0.2, 0) is 0 Å². The maximum Gasteiger partial charge on any atom is 0.285 e. The van der Waals surface area contributed by atoms with Crippen molar-refractivity contribution in [3.8, 4) is 0 Å². The van der Waals surface area contributed by atoms with Crippen molar-refractivity contribution in [2.75, 3.05) is 11.6 Å². The molecule has 0 unspecified atom stereocenters. The number of nitro benzene ring substituents is 1. The lowest BCUT2D eigenvalue weighted by atomic mass is 10.1. The molecule has 0 saturated carbocycles. The number of carbonyl (C=O) groups is 1. The molecule has 0 aliphatic carbocycles. The first-order valence-corrected chi connectivity index (χ1v) is 4.33. The van der Waals surface area contributed by atoms with Crippen LogP contribution in [0, 0.1) is 15.9 Å². The maximum absolute atomic E-state index is 12.8. The van der Waals surface area contributed by atoms with E-state index in [2.05, 4.69) is 0 Å². The highest BCUT2D eigenvalue weighted by molar-refractivity contribution is 6.31. The van der Waals surface area contributed by atoms with Crippen molar-refractivity contribution in [1.29, 1.82) is 0 Å². The van der Waals surface area contributed by atoms with Crippen molar-refractivity contribution in [1.82, 2.24) is 0 Å². The van der Waals surface area contributed by atoms with Crippen LogP contribution in [-0.4, -0.2) is 16.6 Å². The van der Waals surface area contributed by atoms with Crippen LogP contribution < -0.4 is 5.73 Å². The van der Waals surface area contributed by atoms with Gasteiger partial charge in [0, 0.05) is 0 Å². The highest BCUT2D eigenvalue weighted by Gasteiger charge is 2.23. The van der Waals surface area contributed by atoms with Gasteiger partial charge in [-0.3, -0.25) is 14.9 Å². The van der Waals surface area contributed by atoms with Gasteiger partial charge in [-0.25, -0.2) is 4.39 Å². The molecular weight excluding hydrogens is 227 g/mol. The van der Waals surface area contributed by atoms with Gasteiger partial charge in [0.05, 0.1) is 22.6 Å². The number of hydrogen-bond acceptors (Lipinski definition) is 4. The second-order valence-corrected chi connectivity index (χ2v) is 2.97. The molecule has 0 saturated heterocycles. The number of anilines is 1. The molecule has 1 aromatic carbocycles. The zero-order valence-corrected chi connectivity index (χ0v) is 8.12. The second kappa shape index (κ2) is 4.22. The third-order valence-corrected chi connectivity index (χ3v) is 1.95. The molecule has 0 aromatic heterocycles. The summed E-state index contributed by atoms with van der Waals surface area (Å²) in [6.07, 6.45) is 0. The van der Waals surface area contributed by atoms with Gasteiger partial charge in [0.2, 0.25) is 0 Å². The van der Waals surface area contributed by atoms with Gasteiger partial charge in [0.15, 0.2) is 5.78 Å². The Bertz CT molecular complexity index is 436. The molecule has 0 spiro atoms. The van der Waals surface area contributed by atoms with Crippen LogP contribution in [0.2, 0.25) is 0 Å². The second-order valence-electron chi connectivity index (χ2n) is 2.70. The molecule has 0 heterocycles. The van der Waals surface area contributed by atoms with Gasteiger partial charge in [0.1, 0.15) is 11.4 Å². The highest BCUT2D eigenvalue weighted by Crippen LogP contribution is 2.26. The Morgan fingerprint density at radius 1 is 1.60 bits per heavy atom. The number of nitrogens with two attached hydrogens (primary N) is 1. The number of Topliss-reactive ketones (excluding diaryl/α,β-unsaturated/α-hetero) is 1. The van der Waals surface area contributed by atoms with E-state index in [1.165, 1.54) is 0 Å². The minimum atomic E-state index is -0.876. The van der Waals surface area contributed by atoms with Crippen LogP contribution in [0.4, 0.5) is 15.8 Å². The largest absolute Gasteiger partial charge is 0.398 e. The summed E-state index contributed by atoms with van der Waals surface area (Å²) in [6, 6.07) is 1.48. The summed E-state index contributed by atoms with van der Waals surface area (Å²) in [4.78, 5) is 20.9. The lowest BCUT2D eigenvalue weighted by molar-refractivity contribution is -0.385. The quantitative estimate of drug-likeness (QED) is 0.283. The summed E-state index contributed by atoms with van der Waals surface area (Å²) >= 11 is 5.25. The van der Waals surface area contributed by atoms with Crippen LogP contribution >= 0.6 is 11.6 Å². The van der Waals surface area contributed by atoms with Crippen molar-refractivity contribution in [2.24, 2.45) is 0 Å². The van der Waals surface area contributed by atoms with Crippen LogP contribution in [0.3, 0.4) is 0 Å². The van der Waals surface area contributed by atoms with Crippen molar-refractivity contribution < 1.29 is 14.1 Å². The number of alkyl halides is 1. The first-order chi connectivity index (χ1) is 6.97. The number of hydrogen-bond donors (Lipinski definition) is 1. The third kappa shape index (κ3) is 2.21. The van der Waals surface area contributed by atoms with E-state index >= 15 is 0 Å². The fraction of sp³-hybridized carbons (Fsp3) is 0.125. The summed E-state index contributed by atoms with van der Waals surface area (Å²) < 4.78 is 12.8. The average molecular weight is 233 g/mol. The fourth-order valence-corrected chi connectivity index (χ4v) is 1.26. The molecular formula is C8H6ClFN2O3. The van der Waals surface area contributed by atoms with Crippen molar-refractivity contribution in [3.05, 3.63) is 33.6 Å². The Hall–Kier alpha value is -1.69. The molecule has 15 heavy (non-hydrogen) atoms. The topological polar surface area (TPSA) is 86.2 Å². The van der Waals surface area contributed by atoms with E-state index in [0.29, 0.717) is 6.07 Å². The summed E-state index contributed by atoms with van der Waals surface area (Å²) in [5.41, 5.74) is 4.01. The van der Waals surface area contributed by atoms with E-state index in [1.807, 2.05) is 0 Å². The Morgan fingerprint density at radius 2 is 2.20 bits per heavy atom. The Morgan fingerprint density at radius 3 is 2.67 bits per heavy atom. The molecule has 5 nitrogen and oxygen atoms in total. The van der Waals surface area contributed by atoms with Crippen LogP contribution in [0.5, 0.6) is 0 Å². The number of carbonyl (C=O) groups excluding carboxylic acids is 1. The lowest BCUT2D eigenvalue weighted by Crippen LogP contribution is -2.09. The third-order valence-electron chi connectivity index (χ3n) is 1.71. The molecule has 0 bridgehead atoms. The standard InChI is InChI=1S/C8H6ClFN2O3/c9-3-7(13)8-5(11)1-4(10)2-6(8)12(14)15/h1-2H,3,11H2. The molecule has 0 radical (unpaired) electrons. The fourth-order valence-electron chi connectivity index (χ4n) is 1.13. The lowest BCUT2D eigenvalue weighted by Gasteiger charge is -2.03. The number of halogens is 2. The summed E-state index contributed by atoms with van der Waals surface area (Å²) in [7, 11) is 0. The van der Waals surface area contributed by atoms with Gasteiger partial charge in [-0.2, -0.15) is 0 Å². The minimum absolute atomic E-state index is 0.285. The van der Waals surface area contributed by atoms with E-state index < -0.39 is 28.1 Å². The number of nitrogen functional groups attached to an aromatic ring is 1. The smallest absolute Gasteiger partial charge is 0.285 e. The Kier molecular flexibility index (Phi) is 3.21. The first-order valence-electron chi connectivity index (χ1n) is 3.80. The molecule has 80 valence electrons. The SMILES string of the molecule is Nc1cc(F)cc([N+](=O)[O-])c1C(=O)CCl. The minimum Gasteiger partial charge on any atom is -0.398 e. The van der Waals surface area contributed by atoms with Crippen molar-refractivity contribution in [3.63, 3.8) is 0 Å². The Balaban J connectivity index is 3.46. The van der Waals surface area contributed by atoms with Gasteiger partial charge >= 0.3 is 0 Å². The van der Waals surface area contributed by atoms with Gasteiger partial charge in [0.25, 0.3) is 5.69 Å². The molecule has 0 aliphatic rings. The molecule has 0 fully saturated rings. The van der Waals surface area contributed by atoms with E-state index in [-0.39, 0.29) is 11.3 Å². The molecule has 7 heteroatoms. The van der Waals surface area contributed by atoms with Gasteiger partial charge < -0.3 is 5.73 Å². The maximum atomic E-state index is 12.8. The van der Waals surface area contributed by atoms with Crippen LogP contribution in [0.15, 0.2) is 12.1 Å². The van der Waals surface area contributed by atoms with E-state index in [9.17, 15) is 19.3 Å². The van der Waals surface area contributed by atoms with Crippen molar-refractivity contribution in [2.45, 2.75) is 0 Å². The van der Waals surface area contributed by atoms with Crippen molar-refractivity contribution >= 4 is 28.8 Å². The summed E-state index contributed by atoms with van der Waals surface area (Å²) in [6.45, 7) is 0. The number of benzene rings is 1. The first kappa shape index (κ1) is 11.4. The van der Waals surface area contributed by atoms with E-state index in [0.717, 1.165) is 6.07 Å². The highest BCUT2D eigenvalue weighted by atomic mass is 35.5. The number of rotatable bonds is 3. The van der Waals surface area contributed by atoms with E-state index in [1.54, 1.807) is 0 Å². The Labute approximate surface area is 88.8 Å². The number of nitrogens with zero attached hydrogens (tertiary/aromatic N) is 1. The number of nitro groups is 1. The molecule has 2 N–H and O–H groups in total. The van der Waals surface area contributed by atoms with Crippen LogP contribution in [0.25, 0.3) is 0 Å². The molecule has 1 aromatic rings. The summed E-state index contributed by atoms with van der Waals surface area (Å²) in [5, 5.41) is 10.5. The predicted octanol–water partition coefficient (Wildman–Crippen LogP) is 1.74. The average Bonchev–Trinajstić information content (AvgIpc) is 2.15. The monoisotopic (exact) mass is 232 g/mol. The molecule has 0 atom stereocenters. The number of ketones is 1. The molecule has 0 amide bonds. The van der Waals surface area contributed by atoms with E-state index in [4.69, 9.17) is 17.3 Å². The normalized spacial score (nSPS) is 10.0.